The van der Waals surface area contributed by atoms with Crippen LogP contribution in [0.25, 0.3) is 0 Å². The first-order valence-corrected chi connectivity index (χ1v) is 7.28. The van der Waals surface area contributed by atoms with Gasteiger partial charge >= 0.3 is 0 Å². The Labute approximate surface area is 109 Å². The van der Waals surface area contributed by atoms with E-state index in [0.717, 1.165) is 31.2 Å². The molecule has 3 nitrogen and oxygen atoms in total. The number of nitrogens with one attached hydrogen (secondary N) is 1. The van der Waals surface area contributed by atoms with Gasteiger partial charge < -0.3 is 9.88 Å². The number of aryl methyl sites for hydroxylation is 1. The summed E-state index contributed by atoms with van der Waals surface area (Å²) in [4.78, 5) is 4.40. The number of imidazole rings is 1. The third-order valence-corrected chi connectivity index (χ3v) is 3.80. The van der Waals surface area contributed by atoms with E-state index in [1.165, 1.54) is 5.69 Å². The molecule has 1 heterocycles. The highest BCUT2D eigenvalue weighted by molar-refractivity contribution is 8.00. The standard InChI is InChI=1S/C13H25N3S/c1-6-14-9-12-10-15-11(2)16(12)7-8-17-13(3,4)5/h10,14H,6-9H2,1-5H3. The summed E-state index contributed by atoms with van der Waals surface area (Å²) in [6.45, 7) is 14.0. The van der Waals surface area contributed by atoms with Crippen molar-refractivity contribution in [2.75, 3.05) is 12.3 Å². The highest BCUT2D eigenvalue weighted by Gasteiger charge is 2.11. The molecule has 1 aromatic heterocycles. The van der Waals surface area contributed by atoms with Crippen LogP contribution in [-0.4, -0.2) is 26.6 Å². The largest absolute Gasteiger partial charge is 0.330 e. The van der Waals surface area contributed by atoms with Gasteiger partial charge in [0.05, 0.1) is 5.69 Å². The maximum Gasteiger partial charge on any atom is 0.105 e. The van der Waals surface area contributed by atoms with Crippen LogP contribution in [0.3, 0.4) is 0 Å². The van der Waals surface area contributed by atoms with Crippen LogP contribution in [0.4, 0.5) is 0 Å². The summed E-state index contributed by atoms with van der Waals surface area (Å²) in [5.74, 6) is 2.26. The van der Waals surface area contributed by atoms with E-state index in [9.17, 15) is 0 Å². The molecule has 0 aliphatic carbocycles. The average molecular weight is 255 g/mol. The van der Waals surface area contributed by atoms with Gasteiger partial charge in [-0.15, -0.1) is 0 Å². The molecule has 1 rings (SSSR count). The van der Waals surface area contributed by atoms with Crippen LogP contribution in [0, 0.1) is 6.92 Å². The van der Waals surface area contributed by atoms with Crippen LogP contribution in [0.15, 0.2) is 6.20 Å². The number of thioether (sulfide) groups is 1. The first kappa shape index (κ1) is 14.6. The van der Waals surface area contributed by atoms with Crippen LogP contribution < -0.4 is 5.32 Å². The minimum Gasteiger partial charge on any atom is -0.330 e. The van der Waals surface area contributed by atoms with E-state index >= 15 is 0 Å². The molecule has 1 N–H and O–H groups in total. The van der Waals surface area contributed by atoms with Crippen molar-refractivity contribution >= 4 is 11.8 Å². The highest BCUT2D eigenvalue weighted by atomic mass is 32.2. The van der Waals surface area contributed by atoms with Gasteiger partial charge in [0, 0.05) is 29.8 Å². The Bertz CT molecular complexity index is 339. The van der Waals surface area contributed by atoms with Gasteiger partial charge in [-0.1, -0.05) is 27.7 Å². The second kappa shape index (κ2) is 6.45. The Balaban J connectivity index is 2.54. The SMILES string of the molecule is CCNCc1cnc(C)n1CCSC(C)(C)C. The molecule has 0 atom stereocenters. The van der Waals surface area contributed by atoms with Crippen molar-refractivity contribution in [1.82, 2.24) is 14.9 Å². The van der Waals surface area contributed by atoms with E-state index in [4.69, 9.17) is 0 Å². The van der Waals surface area contributed by atoms with Crippen LogP contribution >= 0.6 is 11.8 Å². The molecule has 0 fully saturated rings. The minimum absolute atomic E-state index is 0.344. The van der Waals surface area contributed by atoms with Gasteiger partial charge in [-0.25, -0.2) is 4.98 Å². The zero-order valence-electron chi connectivity index (χ0n) is 11.7. The van der Waals surface area contributed by atoms with E-state index in [1.54, 1.807) is 0 Å². The molecule has 0 radical (unpaired) electrons. The molecule has 17 heavy (non-hydrogen) atoms. The van der Waals surface area contributed by atoms with Gasteiger partial charge in [0.25, 0.3) is 0 Å². The lowest BCUT2D eigenvalue weighted by molar-refractivity contribution is 0.635. The summed E-state index contributed by atoms with van der Waals surface area (Å²) in [7, 11) is 0. The summed E-state index contributed by atoms with van der Waals surface area (Å²) in [5, 5.41) is 3.36. The average Bonchev–Trinajstić information content (AvgIpc) is 2.56. The summed E-state index contributed by atoms with van der Waals surface area (Å²) >= 11 is 2.00. The zero-order valence-corrected chi connectivity index (χ0v) is 12.5. The van der Waals surface area contributed by atoms with E-state index in [0.29, 0.717) is 4.75 Å². The molecule has 0 aromatic carbocycles. The van der Waals surface area contributed by atoms with Crippen molar-refractivity contribution in [2.45, 2.75) is 52.5 Å². The van der Waals surface area contributed by atoms with Gasteiger partial charge in [-0.05, 0) is 13.5 Å². The minimum atomic E-state index is 0.344. The summed E-state index contributed by atoms with van der Waals surface area (Å²) < 4.78 is 2.66. The van der Waals surface area contributed by atoms with Gasteiger partial charge in [-0.3, -0.25) is 0 Å². The second-order valence-corrected chi connectivity index (χ2v) is 7.11. The van der Waals surface area contributed by atoms with Crippen LogP contribution in [0.1, 0.15) is 39.2 Å². The molecule has 0 saturated carbocycles. The molecular formula is C13H25N3S. The molecule has 0 amide bonds. The lowest BCUT2D eigenvalue weighted by Gasteiger charge is -2.18. The molecular weight excluding hydrogens is 230 g/mol. The number of rotatable bonds is 6. The lowest BCUT2D eigenvalue weighted by Crippen LogP contribution is -2.18. The number of aromatic nitrogens is 2. The summed E-state index contributed by atoms with van der Waals surface area (Å²) in [6.07, 6.45) is 1.99. The highest BCUT2D eigenvalue weighted by Crippen LogP contribution is 2.23. The van der Waals surface area contributed by atoms with Gasteiger partial charge in [0.2, 0.25) is 0 Å². The smallest absolute Gasteiger partial charge is 0.105 e. The van der Waals surface area contributed by atoms with Gasteiger partial charge in [-0.2, -0.15) is 11.8 Å². The molecule has 0 spiro atoms. The normalized spacial score (nSPS) is 12.1. The molecule has 0 unspecified atom stereocenters. The number of hydrogen-bond donors (Lipinski definition) is 1. The Kier molecular flexibility index (Phi) is 5.53. The van der Waals surface area contributed by atoms with E-state index < -0.39 is 0 Å². The predicted octanol–water partition coefficient (Wildman–Crippen LogP) is 2.83. The topological polar surface area (TPSA) is 29.9 Å². The third-order valence-electron chi connectivity index (χ3n) is 2.54. The van der Waals surface area contributed by atoms with Gasteiger partial charge in [0.15, 0.2) is 0 Å². The molecule has 4 heteroatoms. The Morgan fingerprint density at radius 3 is 2.71 bits per heavy atom. The van der Waals surface area contributed by atoms with Crippen LogP contribution in [0.5, 0.6) is 0 Å². The Morgan fingerprint density at radius 1 is 1.41 bits per heavy atom. The molecule has 98 valence electrons. The van der Waals surface area contributed by atoms with Crippen molar-refractivity contribution in [3.63, 3.8) is 0 Å². The Hall–Kier alpha value is -0.480. The van der Waals surface area contributed by atoms with Gasteiger partial charge in [0.1, 0.15) is 5.82 Å². The maximum atomic E-state index is 4.40. The van der Waals surface area contributed by atoms with Crippen molar-refractivity contribution in [2.24, 2.45) is 0 Å². The van der Waals surface area contributed by atoms with E-state index in [-0.39, 0.29) is 0 Å². The van der Waals surface area contributed by atoms with E-state index in [1.807, 2.05) is 18.0 Å². The predicted molar refractivity (Wildman–Crippen MR) is 76.6 cm³/mol. The molecule has 0 aliphatic heterocycles. The maximum absolute atomic E-state index is 4.40. The second-order valence-electron chi connectivity index (χ2n) is 5.19. The quantitative estimate of drug-likeness (QED) is 0.847. The van der Waals surface area contributed by atoms with Crippen molar-refractivity contribution in [3.05, 3.63) is 17.7 Å². The van der Waals surface area contributed by atoms with Crippen molar-refractivity contribution in [3.8, 4) is 0 Å². The van der Waals surface area contributed by atoms with Crippen molar-refractivity contribution in [1.29, 1.82) is 0 Å². The van der Waals surface area contributed by atoms with Crippen LogP contribution in [-0.2, 0) is 13.1 Å². The fourth-order valence-corrected chi connectivity index (χ4v) is 2.54. The molecule has 1 aromatic rings. The van der Waals surface area contributed by atoms with Crippen LogP contribution in [0.2, 0.25) is 0 Å². The fourth-order valence-electron chi connectivity index (χ4n) is 1.66. The molecule has 0 bridgehead atoms. The first-order chi connectivity index (χ1) is 7.94. The zero-order chi connectivity index (χ0) is 12.9. The monoisotopic (exact) mass is 255 g/mol. The summed E-state index contributed by atoms with van der Waals surface area (Å²) in [6, 6.07) is 0. The molecule has 0 aliphatic rings. The lowest BCUT2D eigenvalue weighted by atomic mass is 10.3. The third kappa shape index (κ3) is 5.13. The fraction of sp³-hybridized carbons (Fsp3) is 0.769. The van der Waals surface area contributed by atoms with E-state index in [2.05, 4.69) is 49.5 Å². The van der Waals surface area contributed by atoms with Crippen molar-refractivity contribution < 1.29 is 0 Å². The number of nitrogens with zero attached hydrogens (tertiary/aromatic N) is 2. The first-order valence-electron chi connectivity index (χ1n) is 6.29. The molecule has 0 saturated heterocycles. The summed E-state index contributed by atoms with van der Waals surface area (Å²) in [5.41, 5.74) is 1.29. The Morgan fingerprint density at radius 2 is 2.12 bits per heavy atom. The number of hydrogen-bond acceptors (Lipinski definition) is 3.